The monoisotopic (exact) mass is 98.1 g/mol. The van der Waals surface area contributed by atoms with E-state index in [-0.39, 0.29) is 0 Å². The first kappa shape index (κ1) is 6.28. The topological polar surface area (TPSA) is 9.23 Å². The summed E-state index contributed by atoms with van der Waals surface area (Å²) in [7, 11) is 0. The van der Waals surface area contributed by atoms with Crippen molar-refractivity contribution in [1.82, 2.24) is 0 Å². The molecule has 0 aliphatic carbocycles. The van der Waals surface area contributed by atoms with Crippen LogP contribution >= 0.6 is 0 Å². The molecule has 0 saturated carbocycles. The SMILES string of the molecule is C/C=C\O/C=C/C. The molecule has 0 amide bonds. The Morgan fingerprint density at radius 2 is 1.43 bits per heavy atom. The Labute approximate surface area is 44.3 Å². The van der Waals surface area contributed by atoms with Crippen LogP contribution < -0.4 is 0 Å². The number of allylic oxidation sites excluding steroid dienone is 2. The van der Waals surface area contributed by atoms with Crippen LogP contribution in [0.25, 0.3) is 0 Å². The number of hydrogen-bond acceptors (Lipinski definition) is 1. The molecule has 0 atom stereocenters. The summed E-state index contributed by atoms with van der Waals surface area (Å²) < 4.78 is 4.77. The first-order chi connectivity index (χ1) is 3.41. The van der Waals surface area contributed by atoms with Crippen LogP contribution in [-0.2, 0) is 4.74 Å². The third kappa shape index (κ3) is 5.28. The zero-order chi connectivity index (χ0) is 5.54. The van der Waals surface area contributed by atoms with Crippen molar-refractivity contribution >= 4 is 0 Å². The molecular formula is C6H10O. The highest BCUT2D eigenvalue weighted by atomic mass is 16.5. The zero-order valence-electron chi connectivity index (χ0n) is 4.72. The van der Waals surface area contributed by atoms with Crippen LogP contribution in [0.1, 0.15) is 13.8 Å². The summed E-state index contributed by atoms with van der Waals surface area (Å²) in [6.45, 7) is 3.81. The summed E-state index contributed by atoms with van der Waals surface area (Å²) >= 11 is 0. The maximum atomic E-state index is 4.77. The van der Waals surface area contributed by atoms with Gasteiger partial charge in [0.1, 0.15) is 0 Å². The van der Waals surface area contributed by atoms with Gasteiger partial charge in [-0.25, -0.2) is 0 Å². The van der Waals surface area contributed by atoms with Gasteiger partial charge in [0.25, 0.3) is 0 Å². The minimum absolute atomic E-state index is 1.62. The third-order valence-electron chi connectivity index (χ3n) is 0.429. The summed E-state index contributed by atoms with van der Waals surface area (Å²) in [5, 5.41) is 0. The lowest BCUT2D eigenvalue weighted by Crippen LogP contribution is -1.59. The molecule has 0 aliphatic rings. The molecule has 1 heteroatoms. The summed E-state index contributed by atoms with van der Waals surface area (Å²) in [6.07, 6.45) is 6.92. The van der Waals surface area contributed by atoms with Gasteiger partial charge in [0.15, 0.2) is 0 Å². The first-order valence-corrected chi connectivity index (χ1v) is 2.29. The van der Waals surface area contributed by atoms with Gasteiger partial charge in [-0.1, -0.05) is 12.2 Å². The molecule has 0 bridgehead atoms. The second-order valence-electron chi connectivity index (χ2n) is 1.07. The molecule has 0 rings (SSSR count). The van der Waals surface area contributed by atoms with Crippen molar-refractivity contribution in [3.8, 4) is 0 Å². The summed E-state index contributed by atoms with van der Waals surface area (Å²) in [6, 6.07) is 0. The maximum absolute atomic E-state index is 4.77. The number of rotatable bonds is 2. The molecule has 7 heavy (non-hydrogen) atoms. The third-order valence-corrected chi connectivity index (χ3v) is 0.429. The normalized spacial score (nSPS) is 11.1. The average molecular weight is 98.1 g/mol. The molecule has 0 unspecified atom stereocenters. The predicted molar refractivity (Wildman–Crippen MR) is 30.7 cm³/mol. The fourth-order valence-corrected chi connectivity index (χ4v) is 0.202. The summed E-state index contributed by atoms with van der Waals surface area (Å²) in [5.74, 6) is 0. The van der Waals surface area contributed by atoms with E-state index in [1.54, 1.807) is 12.5 Å². The lowest BCUT2D eigenvalue weighted by atomic mass is 10.7. The standard InChI is InChI=1S/C6H10O/c1-3-5-7-6-4-2/h3-6H,1-2H3/b5-3-,6-4+. The Kier molecular flexibility index (Phi) is 4.74. The zero-order valence-corrected chi connectivity index (χ0v) is 4.72. The molecule has 1 nitrogen and oxygen atoms in total. The largest absolute Gasteiger partial charge is 0.473 e. The fourth-order valence-electron chi connectivity index (χ4n) is 0.202. The predicted octanol–water partition coefficient (Wildman–Crippen LogP) is 2.07. The molecule has 0 aromatic heterocycles. The fraction of sp³-hybridized carbons (Fsp3) is 0.333. The summed E-state index contributed by atoms with van der Waals surface area (Å²) in [5.41, 5.74) is 0. The Morgan fingerprint density at radius 1 is 1.00 bits per heavy atom. The van der Waals surface area contributed by atoms with Gasteiger partial charge >= 0.3 is 0 Å². The van der Waals surface area contributed by atoms with Crippen molar-refractivity contribution in [1.29, 1.82) is 0 Å². The van der Waals surface area contributed by atoms with E-state index in [4.69, 9.17) is 4.74 Å². The maximum Gasteiger partial charge on any atom is 0.0858 e. The van der Waals surface area contributed by atoms with Crippen molar-refractivity contribution in [2.75, 3.05) is 0 Å². The van der Waals surface area contributed by atoms with Crippen LogP contribution in [0.2, 0.25) is 0 Å². The molecule has 0 fully saturated rings. The average Bonchev–Trinajstić information content (AvgIpc) is 1.69. The minimum atomic E-state index is 1.62. The van der Waals surface area contributed by atoms with E-state index in [0.29, 0.717) is 0 Å². The van der Waals surface area contributed by atoms with Gasteiger partial charge in [0, 0.05) is 0 Å². The van der Waals surface area contributed by atoms with Crippen molar-refractivity contribution in [3.05, 3.63) is 24.7 Å². The quantitative estimate of drug-likeness (QED) is 0.480. The Bertz CT molecular complexity index is 62.2. The second-order valence-corrected chi connectivity index (χ2v) is 1.07. The van der Waals surface area contributed by atoms with E-state index in [2.05, 4.69) is 0 Å². The van der Waals surface area contributed by atoms with E-state index >= 15 is 0 Å². The molecule has 40 valence electrons. The van der Waals surface area contributed by atoms with Crippen LogP contribution in [0.4, 0.5) is 0 Å². The lowest BCUT2D eigenvalue weighted by molar-refractivity contribution is 0.401. The van der Waals surface area contributed by atoms with Gasteiger partial charge in [0.2, 0.25) is 0 Å². The van der Waals surface area contributed by atoms with Crippen LogP contribution in [0, 0.1) is 0 Å². The van der Waals surface area contributed by atoms with E-state index < -0.39 is 0 Å². The van der Waals surface area contributed by atoms with Crippen molar-refractivity contribution < 1.29 is 4.74 Å². The highest BCUT2D eigenvalue weighted by Gasteiger charge is 1.57. The molecule has 0 saturated heterocycles. The minimum Gasteiger partial charge on any atom is -0.473 e. The van der Waals surface area contributed by atoms with E-state index in [1.807, 2.05) is 26.0 Å². The number of ether oxygens (including phenoxy) is 1. The van der Waals surface area contributed by atoms with E-state index in [1.165, 1.54) is 0 Å². The highest BCUT2D eigenvalue weighted by Crippen LogP contribution is 1.76. The van der Waals surface area contributed by atoms with Gasteiger partial charge in [-0.2, -0.15) is 0 Å². The van der Waals surface area contributed by atoms with Crippen LogP contribution in [0.15, 0.2) is 24.7 Å². The Morgan fingerprint density at radius 3 is 1.71 bits per heavy atom. The molecule has 0 aromatic rings. The Balaban J connectivity index is 2.98. The first-order valence-electron chi connectivity index (χ1n) is 2.29. The molecule has 0 aliphatic heterocycles. The molecule has 0 heterocycles. The lowest BCUT2D eigenvalue weighted by Gasteiger charge is -1.82. The van der Waals surface area contributed by atoms with Gasteiger partial charge in [0.05, 0.1) is 12.5 Å². The smallest absolute Gasteiger partial charge is 0.0858 e. The summed E-state index contributed by atoms with van der Waals surface area (Å²) in [4.78, 5) is 0. The molecule has 0 radical (unpaired) electrons. The Hall–Kier alpha value is -0.720. The van der Waals surface area contributed by atoms with Crippen molar-refractivity contribution in [3.63, 3.8) is 0 Å². The van der Waals surface area contributed by atoms with Gasteiger partial charge in [-0.3, -0.25) is 0 Å². The van der Waals surface area contributed by atoms with Gasteiger partial charge in [-0.15, -0.1) is 0 Å². The van der Waals surface area contributed by atoms with Crippen LogP contribution in [-0.4, -0.2) is 0 Å². The van der Waals surface area contributed by atoms with Crippen LogP contribution in [0.5, 0.6) is 0 Å². The van der Waals surface area contributed by atoms with E-state index in [0.717, 1.165) is 0 Å². The molecule has 0 aromatic carbocycles. The number of hydrogen-bond donors (Lipinski definition) is 0. The van der Waals surface area contributed by atoms with Gasteiger partial charge in [-0.05, 0) is 13.8 Å². The van der Waals surface area contributed by atoms with Crippen LogP contribution in [0.3, 0.4) is 0 Å². The molecule has 0 spiro atoms. The van der Waals surface area contributed by atoms with Crippen molar-refractivity contribution in [2.45, 2.75) is 13.8 Å². The highest BCUT2D eigenvalue weighted by molar-refractivity contribution is 4.73. The van der Waals surface area contributed by atoms with Crippen molar-refractivity contribution in [2.24, 2.45) is 0 Å². The molecular weight excluding hydrogens is 88.1 g/mol. The van der Waals surface area contributed by atoms with E-state index in [9.17, 15) is 0 Å². The van der Waals surface area contributed by atoms with Gasteiger partial charge < -0.3 is 4.74 Å². The second kappa shape index (κ2) is 5.28. The molecule has 0 N–H and O–H groups in total.